The van der Waals surface area contributed by atoms with Gasteiger partial charge in [0.05, 0.1) is 4.92 Å². The normalized spacial score (nSPS) is 10.5. The summed E-state index contributed by atoms with van der Waals surface area (Å²) in [6, 6.07) is 14.6. The molecule has 0 aliphatic carbocycles. The molecule has 0 fully saturated rings. The molecule has 0 aromatic heterocycles. The summed E-state index contributed by atoms with van der Waals surface area (Å²) in [5.74, 6) is -0.317. The van der Waals surface area contributed by atoms with Crippen LogP contribution in [0.15, 0.2) is 54.6 Å². The Morgan fingerprint density at radius 3 is 2.46 bits per heavy atom. The van der Waals surface area contributed by atoms with Gasteiger partial charge in [0.2, 0.25) is 0 Å². The number of nitrogens with zero attached hydrogens (tertiary/aromatic N) is 1. The summed E-state index contributed by atoms with van der Waals surface area (Å²) in [4.78, 5) is 23.0. The molecule has 120 valence electrons. The van der Waals surface area contributed by atoms with Gasteiger partial charge in [0, 0.05) is 33.7 Å². The van der Waals surface area contributed by atoms with Gasteiger partial charge in [0.15, 0.2) is 0 Å². The van der Waals surface area contributed by atoms with E-state index in [2.05, 4.69) is 5.32 Å². The molecule has 0 aliphatic rings. The molecule has 0 unspecified atom stereocenters. The van der Waals surface area contributed by atoms with E-state index in [9.17, 15) is 20.0 Å². The van der Waals surface area contributed by atoms with E-state index in [0.717, 1.165) is 0 Å². The van der Waals surface area contributed by atoms with Crippen molar-refractivity contribution in [1.82, 2.24) is 0 Å². The van der Waals surface area contributed by atoms with Gasteiger partial charge in [-0.1, -0.05) is 30.3 Å². The van der Waals surface area contributed by atoms with Crippen molar-refractivity contribution < 1.29 is 14.8 Å². The largest absolute Gasteiger partial charge is 0.507 e. The topological polar surface area (TPSA) is 92.5 Å². The molecule has 3 rings (SSSR count). The highest BCUT2D eigenvalue weighted by Crippen LogP contribution is 2.30. The van der Waals surface area contributed by atoms with Crippen LogP contribution in [-0.4, -0.2) is 15.9 Å². The lowest BCUT2D eigenvalue weighted by molar-refractivity contribution is -0.385. The zero-order valence-corrected chi connectivity index (χ0v) is 12.8. The number of amides is 1. The summed E-state index contributed by atoms with van der Waals surface area (Å²) in [6.45, 7) is 1.54. The van der Waals surface area contributed by atoms with Crippen molar-refractivity contribution in [1.29, 1.82) is 0 Å². The zero-order chi connectivity index (χ0) is 17.3. The van der Waals surface area contributed by atoms with Crippen molar-refractivity contribution in [3.63, 3.8) is 0 Å². The zero-order valence-electron chi connectivity index (χ0n) is 12.8. The number of fused-ring (bicyclic) bond motifs is 1. The Bertz CT molecular complexity index is 966. The minimum absolute atomic E-state index is 0.0989. The van der Waals surface area contributed by atoms with Crippen LogP contribution in [0.2, 0.25) is 0 Å². The smallest absolute Gasteiger partial charge is 0.273 e. The van der Waals surface area contributed by atoms with E-state index in [1.54, 1.807) is 49.4 Å². The molecule has 0 spiro atoms. The fourth-order valence-corrected chi connectivity index (χ4v) is 2.66. The van der Waals surface area contributed by atoms with Crippen LogP contribution in [0, 0.1) is 17.0 Å². The summed E-state index contributed by atoms with van der Waals surface area (Å²) in [5.41, 5.74) is 0.974. The van der Waals surface area contributed by atoms with Gasteiger partial charge in [-0.3, -0.25) is 14.9 Å². The number of phenols is 1. The lowest BCUT2D eigenvalue weighted by atomic mass is 10.0. The number of aromatic hydroxyl groups is 1. The maximum atomic E-state index is 12.5. The number of rotatable bonds is 3. The second kappa shape index (κ2) is 6.00. The van der Waals surface area contributed by atoms with Gasteiger partial charge in [0.1, 0.15) is 5.75 Å². The summed E-state index contributed by atoms with van der Waals surface area (Å²) in [5, 5.41) is 25.0. The molecule has 0 aliphatic heterocycles. The van der Waals surface area contributed by atoms with Gasteiger partial charge in [-0.25, -0.2) is 0 Å². The maximum absolute atomic E-state index is 12.5. The number of carbonyl (C=O) groups excluding carboxylic acids is 1. The molecule has 2 N–H and O–H groups in total. The molecule has 6 nitrogen and oxygen atoms in total. The van der Waals surface area contributed by atoms with Gasteiger partial charge < -0.3 is 10.4 Å². The quantitative estimate of drug-likeness (QED) is 0.563. The highest BCUT2D eigenvalue weighted by Gasteiger charge is 2.18. The SMILES string of the molecule is Cc1c(C(=O)Nc2cccc3c(O)cccc23)cccc1[N+](=O)[O-]. The van der Waals surface area contributed by atoms with Gasteiger partial charge in [0.25, 0.3) is 11.6 Å². The third kappa shape index (κ3) is 2.65. The minimum Gasteiger partial charge on any atom is -0.507 e. The number of anilines is 1. The first-order valence-electron chi connectivity index (χ1n) is 7.25. The summed E-state index contributed by atoms with van der Waals surface area (Å²) < 4.78 is 0. The standard InChI is InChI=1S/C18H14N2O4/c1-11-12(5-3-9-16(11)20(23)24)18(22)19-15-8-2-7-14-13(15)6-4-10-17(14)21/h2-10,21H,1H3,(H,19,22). The van der Waals surface area contributed by atoms with Gasteiger partial charge in [-0.15, -0.1) is 0 Å². The molecule has 3 aromatic rings. The van der Waals surface area contributed by atoms with E-state index >= 15 is 0 Å². The van der Waals surface area contributed by atoms with Crippen molar-refractivity contribution >= 4 is 28.1 Å². The Hall–Kier alpha value is -3.41. The number of phenolic OH excluding ortho intramolecular Hbond substituents is 1. The van der Waals surface area contributed by atoms with Crippen molar-refractivity contribution in [2.45, 2.75) is 6.92 Å². The van der Waals surface area contributed by atoms with E-state index in [1.165, 1.54) is 12.1 Å². The number of nitro groups is 1. The molecule has 0 atom stereocenters. The van der Waals surface area contributed by atoms with Crippen molar-refractivity contribution in [3.05, 3.63) is 75.8 Å². The molecule has 0 saturated carbocycles. The summed E-state index contributed by atoms with van der Waals surface area (Å²) in [6.07, 6.45) is 0. The number of hydrogen-bond donors (Lipinski definition) is 2. The molecule has 3 aromatic carbocycles. The highest BCUT2D eigenvalue weighted by molar-refractivity contribution is 6.10. The summed E-state index contributed by atoms with van der Waals surface area (Å²) in [7, 11) is 0. The number of nitro benzene ring substituents is 1. The molecule has 24 heavy (non-hydrogen) atoms. The Balaban J connectivity index is 2.01. The first-order valence-corrected chi connectivity index (χ1v) is 7.25. The average Bonchev–Trinajstić information content (AvgIpc) is 2.55. The van der Waals surface area contributed by atoms with E-state index < -0.39 is 10.8 Å². The number of nitrogens with one attached hydrogen (secondary N) is 1. The van der Waals surface area contributed by atoms with Crippen LogP contribution in [0.5, 0.6) is 5.75 Å². The Kier molecular flexibility index (Phi) is 3.87. The van der Waals surface area contributed by atoms with Crippen molar-refractivity contribution in [3.8, 4) is 5.75 Å². The summed E-state index contributed by atoms with van der Waals surface area (Å²) >= 11 is 0. The molecule has 6 heteroatoms. The number of carbonyl (C=O) groups is 1. The number of hydrogen-bond acceptors (Lipinski definition) is 4. The maximum Gasteiger partial charge on any atom is 0.273 e. The Labute approximate surface area is 137 Å². The lowest BCUT2D eigenvalue weighted by Gasteiger charge is -2.11. The van der Waals surface area contributed by atoms with Crippen molar-refractivity contribution in [2.24, 2.45) is 0 Å². The average molecular weight is 322 g/mol. The first kappa shape index (κ1) is 15.5. The van der Waals surface area contributed by atoms with Gasteiger partial charge in [-0.05, 0) is 25.1 Å². The van der Waals surface area contributed by atoms with E-state index in [-0.39, 0.29) is 17.0 Å². The van der Waals surface area contributed by atoms with E-state index in [4.69, 9.17) is 0 Å². The van der Waals surface area contributed by atoms with Crippen LogP contribution in [0.1, 0.15) is 15.9 Å². The van der Waals surface area contributed by atoms with E-state index in [1.807, 2.05) is 0 Å². The molecule has 0 saturated heterocycles. The van der Waals surface area contributed by atoms with E-state index in [0.29, 0.717) is 22.0 Å². The lowest BCUT2D eigenvalue weighted by Crippen LogP contribution is -2.14. The van der Waals surface area contributed by atoms with Crippen LogP contribution >= 0.6 is 0 Å². The fraction of sp³-hybridized carbons (Fsp3) is 0.0556. The Morgan fingerprint density at radius 2 is 1.71 bits per heavy atom. The predicted octanol–water partition coefficient (Wildman–Crippen LogP) is 4.01. The van der Waals surface area contributed by atoms with Crippen LogP contribution in [0.4, 0.5) is 11.4 Å². The van der Waals surface area contributed by atoms with Crippen LogP contribution in [-0.2, 0) is 0 Å². The van der Waals surface area contributed by atoms with Gasteiger partial charge in [-0.2, -0.15) is 0 Å². The van der Waals surface area contributed by atoms with Crippen molar-refractivity contribution in [2.75, 3.05) is 5.32 Å². The molecule has 0 radical (unpaired) electrons. The first-order chi connectivity index (χ1) is 11.5. The second-order valence-corrected chi connectivity index (χ2v) is 5.34. The molecule has 0 bridgehead atoms. The molecule has 0 heterocycles. The third-order valence-electron chi connectivity index (χ3n) is 3.89. The molecule has 1 amide bonds. The molecular formula is C18H14N2O4. The Morgan fingerprint density at radius 1 is 1.04 bits per heavy atom. The highest BCUT2D eigenvalue weighted by atomic mass is 16.6. The molecular weight excluding hydrogens is 308 g/mol. The predicted molar refractivity (Wildman–Crippen MR) is 91.4 cm³/mol. The number of benzene rings is 3. The van der Waals surface area contributed by atoms with Gasteiger partial charge >= 0.3 is 0 Å². The third-order valence-corrected chi connectivity index (χ3v) is 3.89. The second-order valence-electron chi connectivity index (χ2n) is 5.34. The van der Waals surface area contributed by atoms with Crippen LogP contribution in [0.25, 0.3) is 10.8 Å². The monoisotopic (exact) mass is 322 g/mol. The minimum atomic E-state index is -0.512. The fourth-order valence-electron chi connectivity index (χ4n) is 2.66. The van der Waals surface area contributed by atoms with Crippen LogP contribution < -0.4 is 5.32 Å². The van der Waals surface area contributed by atoms with Crippen LogP contribution in [0.3, 0.4) is 0 Å².